The van der Waals surface area contributed by atoms with Gasteiger partial charge in [-0.1, -0.05) is 144 Å². The van der Waals surface area contributed by atoms with Crippen molar-refractivity contribution in [3.8, 4) is 0 Å². The van der Waals surface area contributed by atoms with Crippen molar-refractivity contribution in [3.05, 3.63) is 172 Å². The average Bonchev–Trinajstić information content (AvgIpc) is 3.55. The third kappa shape index (κ3) is 4.06. The number of aryl methyl sites for hydroxylation is 3. The molecule has 0 bridgehead atoms. The van der Waals surface area contributed by atoms with Crippen LogP contribution in [-0.4, -0.2) is 10.8 Å². The lowest BCUT2D eigenvalue weighted by molar-refractivity contribution is 0.106. The maximum absolute atomic E-state index is 14.0. The van der Waals surface area contributed by atoms with Crippen molar-refractivity contribution in [1.29, 1.82) is 0 Å². The van der Waals surface area contributed by atoms with Gasteiger partial charge in [0.05, 0.1) is 10.4 Å². The van der Waals surface area contributed by atoms with Gasteiger partial charge in [0, 0.05) is 11.1 Å². The number of rotatable bonds is 5. The molecule has 2 heterocycles. The summed E-state index contributed by atoms with van der Waals surface area (Å²) in [5, 5.41) is 7.73. The molecule has 1 atom stereocenters. The molecule has 0 saturated carbocycles. The monoisotopic (exact) mass is 582 g/mol. The molecule has 0 amide bonds. The van der Waals surface area contributed by atoms with Crippen LogP contribution in [0.25, 0.3) is 0 Å². The normalized spacial score (nSPS) is 18.6. The summed E-state index contributed by atoms with van der Waals surface area (Å²) < 4.78 is -1.24. The number of nitrogens with zero attached hydrogens (tertiary/aromatic N) is 2. The van der Waals surface area contributed by atoms with Crippen molar-refractivity contribution < 1.29 is 4.79 Å². The summed E-state index contributed by atoms with van der Waals surface area (Å²) >= 11 is 3.44. The second kappa shape index (κ2) is 10.3. The van der Waals surface area contributed by atoms with E-state index in [1.807, 2.05) is 42.1 Å². The summed E-state index contributed by atoms with van der Waals surface area (Å²) in [4.78, 5) is 14.0. The van der Waals surface area contributed by atoms with E-state index in [1.54, 1.807) is 11.8 Å². The highest BCUT2D eigenvalue weighted by Crippen LogP contribution is 2.71. The lowest BCUT2D eigenvalue weighted by Crippen LogP contribution is -2.34. The van der Waals surface area contributed by atoms with Gasteiger partial charge in [0.15, 0.2) is 9.25 Å². The van der Waals surface area contributed by atoms with Gasteiger partial charge >= 0.3 is 0 Å². The van der Waals surface area contributed by atoms with Crippen LogP contribution in [0.2, 0.25) is 0 Å². The predicted octanol–water partition coefficient (Wildman–Crippen LogP) is 9.21. The standard InChI is InChI=1S/C37H30N2OS2/c1-25-21-23-29(24-22-25)39-37(41-35(38-39)34(40)28-15-5-4-6-16-28)33-20-12-11-19-32(33)36(42-37,30-17-9-7-13-26(30)2)31-18-10-8-14-27(31)3/h4-24H,1-3H3. The zero-order valence-corrected chi connectivity index (χ0v) is 25.4. The van der Waals surface area contributed by atoms with E-state index in [0.717, 1.165) is 11.3 Å². The molecule has 0 N–H and O–H groups in total. The number of hydrogen-bond donors (Lipinski definition) is 0. The van der Waals surface area contributed by atoms with Gasteiger partial charge in [-0.25, -0.2) is 5.01 Å². The molecule has 0 radical (unpaired) electrons. The van der Waals surface area contributed by atoms with Gasteiger partial charge in [-0.3, -0.25) is 4.79 Å². The molecule has 3 nitrogen and oxygen atoms in total. The Morgan fingerprint density at radius 3 is 1.74 bits per heavy atom. The summed E-state index contributed by atoms with van der Waals surface area (Å²) in [7, 11) is 0. The second-order valence-electron chi connectivity index (χ2n) is 10.9. The molecule has 5 heteroatoms. The number of Topliss-reactive ketones (excluding diaryl/α,β-unsaturated/α-hetero) is 1. The molecule has 42 heavy (non-hydrogen) atoms. The van der Waals surface area contributed by atoms with E-state index < -0.39 is 8.95 Å². The topological polar surface area (TPSA) is 32.7 Å². The molecule has 206 valence electrons. The predicted molar refractivity (Wildman–Crippen MR) is 177 cm³/mol. The van der Waals surface area contributed by atoms with Crippen LogP contribution >= 0.6 is 23.5 Å². The Morgan fingerprint density at radius 2 is 1.14 bits per heavy atom. The molecular formula is C37H30N2OS2. The maximum atomic E-state index is 14.0. The number of carbonyl (C=O) groups excluding carboxylic acids is 1. The molecule has 0 fully saturated rings. The van der Waals surface area contributed by atoms with Gasteiger partial charge in [-0.2, -0.15) is 5.10 Å². The minimum atomic E-state index is -0.712. The van der Waals surface area contributed by atoms with E-state index >= 15 is 0 Å². The van der Waals surface area contributed by atoms with Crippen LogP contribution in [0.4, 0.5) is 5.69 Å². The van der Waals surface area contributed by atoms with Crippen molar-refractivity contribution in [1.82, 2.24) is 0 Å². The molecule has 2 aliphatic rings. The van der Waals surface area contributed by atoms with Crippen LogP contribution in [0.3, 0.4) is 0 Å². The highest BCUT2D eigenvalue weighted by Gasteiger charge is 2.62. The Balaban J connectivity index is 1.51. The molecule has 5 aromatic carbocycles. The van der Waals surface area contributed by atoms with Crippen LogP contribution in [0.1, 0.15) is 49.3 Å². The fraction of sp³-hybridized carbons (Fsp3) is 0.135. The van der Waals surface area contributed by atoms with E-state index in [-0.39, 0.29) is 5.78 Å². The zero-order chi connectivity index (χ0) is 28.9. The largest absolute Gasteiger partial charge is 0.286 e. The van der Waals surface area contributed by atoms with E-state index in [2.05, 4.69) is 123 Å². The summed E-state index contributed by atoms with van der Waals surface area (Å²) in [5.74, 6) is -0.0584. The van der Waals surface area contributed by atoms with Gasteiger partial charge in [0.25, 0.3) is 0 Å². The van der Waals surface area contributed by atoms with Gasteiger partial charge in [0.2, 0.25) is 5.78 Å². The minimum absolute atomic E-state index is 0.0584. The summed E-state index contributed by atoms with van der Waals surface area (Å²) in [6.45, 7) is 6.49. The van der Waals surface area contributed by atoms with Crippen LogP contribution in [0.15, 0.2) is 132 Å². The van der Waals surface area contributed by atoms with E-state index in [9.17, 15) is 4.79 Å². The van der Waals surface area contributed by atoms with Crippen LogP contribution in [0.5, 0.6) is 0 Å². The van der Waals surface area contributed by atoms with Crippen molar-refractivity contribution in [2.75, 3.05) is 5.01 Å². The molecule has 0 aliphatic carbocycles. The molecule has 0 aromatic heterocycles. The molecule has 5 aromatic rings. The number of thioether (sulfide) groups is 2. The molecule has 1 unspecified atom stereocenters. The van der Waals surface area contributed by atoms with Crippen LogP contribution < -0.4 is 5.01 Å². The van der Waals surface area contributed by atoms with Crippen molar-refractivity contribution in [2.45, 2.75) is 29.7 Å². The molecule has 7 rings (SSSR count). The quantitative estimate of drug-likeness (QED) is 0.193. The maximum Gasteiger partial charge on any atom is 0.219 e. The van der Waals surface area contributed by atoms with Crippen molar-refractivity contribution in [3.63, 3.8) is 0 Å². The fourth-order valence-electron chi connectivity index (χ4n) is 6.17. The second-order valence-corrected chi connectivity index (χ2v) is 13.7. The summed E-state index contributed by atoms with van der Waals surface area (Å²) in [5.41, 5.74) is 10.1. The first-order valence-electron chi connectivity index (χ1n) is 14.1. The third-order valence-electron chi connectivity index (χ3n) is 8.20. The number of carbonyl (C=O) groups is 1. The first kappa shape index (κ1) is 26.8. The summed E-state index contributed by atoms with van der Waals surface area (Å²) in [6.07, 6.45) is 0. The van der Waals surface area contributed by atoms with E-state index in [1.165, 1.54) is 33.4 Å². The SMILES string of the molecule is Cc1ccc(N2N=C(C(=O)c3ccccc3)SC23SC(c2ccccc2C)(c2ccccc2C)c2ccccc23)cc1. The van der Waals surface area contributed by atoms with Gasteiger partial charge in [-0.15, -0.1) is 0 Å². The van der Waals surface area contributed by atoms with Gasteiger partial charge in [0.1, 0.15) is 0 Å². The number of fused-ring (bicyclic) bond motifs is 2. The lowest BCUT2D eigenvalue weighted by Gasteiger charge is -2.38. The molecule has 1 spiro atoms. The Hall–Kier alpha value is -4.06. The van der Waals surface area contributed by atoms with Crippen molar-refractivity contribution >= 4 is 40.0 Å². The smallest absolute Gasteiger partial charge is 0.219 e. The average molecular weight is 583 g/mol. The Kier molecular flexibility index (Phi) is 6.60. The number of hydrazone groups is 1. The Bertz CT molecular complexity index is 1800. The first-order valence-corrected chi connectivity index (χ1v) is 15.7. The van der Waals surface area contributed by atoms with Crippen LogP contribution in [0, 0.1) is 20.8 Å². The highest BCUT2D eigenvalue weighted by atomic mass is 32.2. The van der Waals surface area contributed by atoms with E-state index in [0.29, 0.717) is 10.6 Å². The van der Waals surface area contributed by atoms with Gasteiger partial charge < -0.3 is 0 Å². The van der Waals surface area contributed by atoms with E-state index in [4.69, 9.17) is 5.10 Å². The third-order valence-corrected chi connectivity index (χ3v) is 11.5. The Labute approximate surface area is 255 Å². The van der Waals surface area contributed by atoms with Crippen LogP contribution in [-0.2, 0) is 8.95 Å². The Morgan fingerprint density at radius 1 is 0.619 bits per heavy atom. The fourth-order valence-corrected chi connectivity index (χ4v) is 9.96. The summed E-state index contributed by atoms with van der Waals surface area (Å²) in [6, 6.07) is 44.1. The van der Waals surface area contributed by atoms with Crippen molar-refractivity contribution in [2.24, 2.45) is 5.10 Å². The zero-order valence-electron chi connectivity index (χ0n) is 23.7. The molecule has 2 aliphatic heterocycles. The lowest BCUT2D eigenvalue weighted by atomic mass is 9.79. The minimum Gasteiger partial charge on any atom is -0.286 e. The number of benzene rings is 5. The molecule has 0 saturated heterocycles. The highest BCUT2D eigenvalue weighted by molar-refractivity contribution is 8.27. The van der Waals surface area contributed by atoms with Gasteiger partial charge in [-0.05, 0) is 60.7 Å². The number of ketones is 1. The number of anilines is 1. The molecular weight excluding hydrogens is 553 g/mol. The first-order chi connectivity index (χ1) is 20.4. The number of hydrogen-bond acceptors (Lipinski definition) is 5.